The standard InChI is InChI=1S/C35H44O7/c1-4-6-8-9-10-11-12-13-23-39-31-19-16-27(17-20-31)34(37)42-32-21-18-28-24-30(15-14-29(28)25-32)35(38)41-26(3)33(36)40-22-7-5-2/h14-21,24-26H,4-13,22-23H2,1-3H3/t26-/m1/s1. The Morgan fingerprint density at radius 1 is 0.619 bits per heavy atom. The zero-order valence-corrected chi connectivity index (χ0v) is 25.2. The van der Waals surface area contributed by atoms with E-state index in [1.54, 1.807) is 60.7 Å². The lowest BCUT2D eigenvalue weighted by Crippen LogP contribution is -2.26. The van der Waals surface area contributed by atoms with E-state index in [0.29, 0.717) is 30.1 Å². The van der Waals surface area contributed by atoms with Gasteiger partial charge < -0.3 is 18.9 Å². The monoisotopic (exact) mass is 576 g/mol. The molecule has 0 heterocycles. The molecule has 42 heavy (non-hydrogen) atoms. The Balaban J connectivity index is 1.46. The lowest BCUT2D eigenvalue weighted by Gasteiger charge is -2.13. The fourth-order valence-corrected chi connectivity index (χ4v) is 4.40. The second kappa shape index (κ2) is 17.8. The van der Waals surface area contributed by atoms with E-state index in [1.807, 2.05) is 6.92 Å². The summed E-state index contributed by atoms with van der Waals surface area (Å²) in [6.45, 7) is 6.69. The molecule has 0 aliphatic carbocycles. The number of fused-ring (bicyclic) bond motifs is 1. The molecule has 0 bridgehead atoms. The van der Waals surface area contributed by atoms with E-state index in [4.69, 9.17) is 18.9 Å². The third kappa shape index (κ3) is 10.8. The molecule has 0 saturated carbocycles. The Labute approximate surface area is 249 Å². The van der Waals surface area contributed by atoms with Crippen LogP contribution in [-0.2, 0) is 14.3 Å². The van der Waals surface area contributed by atoms with Crippen LogP contribution in [0.5, 0.6) is 11.5 Å². The number of ether oxygens (including phenoxy) is 4. The van der Waals surface area contributed by atoms with Crippen LogP contribution in [0.2, 0.25) is 0 Å². The molecule has 3 rings (SSSR count). The van der Waals surface area contributed by atoms with E-state index in [0.717, 1.165) is 35.8 Å². The Bertz CT molecular complexity index is 1280. The minimum absolute atomic E-state index is 0.305. The normalized spacial score (nSPS) is 11.6. The molecule has 0 saturated heterocycles. The van der Waals surface area contributed by atoms with Gasteiger partial charge in [-0.1, -0.05) is 77.3 Å². The average Bonchev–Trinajstić information content (AvgIpc) is 3.00. The molecule has 3 aromatic rings. The van der Waals surface area contributed by atoms with Crippen LogP contribution in [-0.4, -0.2) is 37.2 Å². The second-order valence-electron chi connectivity index (χ2n) is 10.5. The molecule has 0 N–H and O–H groups in total. The van der Waals surface area contributed by atoms with Crippen molar-refractivity contribution in [3.63, 3.8) is 0 Å². The van der Waals surface area contributed by atoms with Crippen molar-refractivity contribution in [3.05, 3.63) is 71.8 Å². The molecule has 7 heteroatoms. The molecule has 0 radical (unpaired) electrons. The maximum absolute atomic E-state index is 12.7. The van der Waals surface area contributed by atoms with Gasteiger partial charge in [0.15, 0.2) is 6.10 Å². The maximum Gasteiger partial charge on any atom is 0.347 e. The third-order valence-corrected chi connectivity index (χ3v) is 6.97. The van der Waals surface area contributed by atoms with Crippen molar-refractivity contribution in [1.29, 1.82) is 0 Å². The largest absolute Gasteiger partial charge is 0.494 e. The zero-order chi connectivity index (χ0) is 30.2. The maximum atomic E-state index is 12.7. The first-order chi connectivity index (χ1) is 20.4. The van der Waals surface area contributed by atoms with Crippen molar-refractivity contribution >= 4 is 28.7 Å². The van der Waals surface area contributed by atoms with Gasteiger partial charge in [-0.15, -0.1) is 0 Å². The SMILES string of the molecule is CCCCCCCCCCOc1ccc(C(=O)Oc2ccc3cc(C(=O)O[C@H](C)C(=O)OCCCC)ccc3c2)cc1. The highest BCUT2D eigenvalue weighted by molar-refractivity contribution is 5.97. The summed E-state index contributed by atoms with van der Waals surface area (Å²) in [5.74, 6) is -0.523. The molecule has 1 atom stereocenters. The van der Waals surface area contributed by atoms with E-state index in [-0.39, 0.29) is 0 Å². The summed E-state index contributed by atoms with van der Waals surface area (Å²) in [4.78, 5) is 37.3. The van der Waals surface area contributed by atoms with Gasteiger partial charge in [0, 0.05) is 0 Å². The molecule has 0 aliphatic rings. The Hall–Kier alpha value is -3.87. The fraction of sp³-hybridized carbons (Fsp3) is 0.457. The van der Waals surface area contributed by atoms with E-state index in [2.05, 4.69) is 6.92 Å². The van der Waals surface area contributed by atoms with Crippen LogP contribution in [0.3, 0.4) is 0 Å². The van der Waals surface area contributed by atoms with Crippen molar-refractivity contribution in [1.82, 2.24) is 0 Å². The van der Waals surface area contributed by atoms with Crippen LogP contribution in [0.4, 0.5) is 0 Å². The Morgan fingerprint density at radius 2 is 1.21 bits per heavy atom. The number of rotatable bonds is 18. The first-order valence-electron chi connectivity index (χ1n) is 15.3. The molecule has 0 unspecified atom stereocenters. The summed E-state index contributed by atoms with van der Waals surface area (Å²) >= 11 is 0. The average molecular weight is 577 g/mol. The molecular formula is C35H44O7. The van der Waals surface area contributed by atoms with Crippen molar-refractivity contribution < 1.29 is 33.3 Å². The van der Waals surface area contributed by atoms with Gasteiger partial charge >= 0.3 is 17.9 Å². The number of hydrogen-bond donors (Lipinski definition) is 0. The molecule has 226 valence electrons. The predicted molar refractivity (Wildman–Crippen MR) is 164 cm³/mol. The predicted octanol–water partition coefficient (Wildman–Crippen LogP) is 8.47. The van der Waals surface area contributed by atoms with Gasteiger partial charge in [0.05, 0.1) is 24.3 Å². The number of carbonyl (C=O) groups is 3. The summed E-state index contributed by atoms with van der Waals surface area (Å²) in [5, 5.41) is 1.55. The number of unbranched alkanes of at least 4 members (excludes halogenated alkanes) is 8. The molecule has 0 aromatic heterocycles. The molecule has 0 spiro atoms. The van der Waals surface area contributed by atoms with Crippen molar-refractivity contribution in [2.75, 3.05) is 13.2 Å². The molecular weight excluding hydrogens is 532 g/mol. The lowest BCUT2D eigenvalue weighted by atomic mass is 10.1. The van der Waals surface area contributed by atoms with Crippen molar-refractivity contribution in [3.8, 4) is 11.5 Å². The smallest absolute Gasteiger partial charge is 0.347 e. The summed E-state index contributed by atoms with van der Waals surface area (Å²) < 4.78 is 21.8. The third-order valence-electron chi connectivity index (χ3n) is 6.97. The first kappa shape index (κ1) is 32.6. The van der Waals surface area contributed by atoms with Gasteiger partial charge in [0.25, 0.3) is 0 Å². The number of benzene rings is 3. The van der Waals surface area contributed by atoms with Crippen LogP contribution < -0.4 is 9.47 Å². The van der Waals surface area contributed by atoms with Crippen LogP contribution >= 0.6 is 0 Å². The highest BCUT2D eigenvalue weighted by Gasteiger charge is 2.20. The molecule has 0 fully saturated rings. The Kier molecular flexibility index (Phi) is 13.9. The molecule has 7 nitrogen and oxygen atoms in total. The van der Waals surface area contributed by atoms with Gasteiger partial charge in [-0.2, -0.15) is 0 Å². The quantitative estimate of drug-likeness (QED) is 0.0852. The van der Waals surface area contributed by atoms with E-state index >= 15 is 0 Å². The minimum Gasteiger partial charge on any atom is -0.494 e. The summed E-state index contributed by atoms with van der Waals surface area (Å²) in [6, 6.07) is 17.2. The second-order valence-corrected chi connectivity index (χ2v) is 10.5. The number of hydrogen-bond acceptors (Lipinski definition) is 7. The lowest BCUT2D eigenvalue weighted by molar-refractivity contribution is -0.153. The van der Waals surface area contributed by atoms with Gasteiger partial charge in [0.1, 0.15) is 11.5 Å². The first-order valence-corrected chi connectivity index (χ1v) is 15.3. The molecule has 0 amide bonds. The van der Waals surface area contributed by atoms with Gasteiger partial charge in [-0.05, 0) is 79.1 Å². The van der Waals surface area contributed by atoms with Crippen molar-refractivity contribution in [2.24, 2.45) is 0 Å². The van der Waals surface area contributed by atoms with Crippen LogP contribution in [0.15, 0.2) is 60.7 Å². The van der Waals surface area contributed by atoms with Crippen LogP contribution in [0.25, 0.3) is 10.8 Å². The van der Waals surface area contributed by atoms with E-state index in [1.165, 1.54) is 51.9 Å². The molecule has 0 aliphatic heterocycles. The minimum atomic E-state index is -0.998. The van der Waals surface area contributed by atoms with Gasteiger partial charge in [0.2, 0.25) is 0 Å². The van der Waals surface area contributed by atoms with Gasteiger partial charge in [-0.25, -0.2) is 14.4 Å². The Morgan fingerprint density at radius 3 is 1.93 bits per heavy atom. The van der Waals surface area contributed by atoms with E-state index < -0.39 is 24.0 Å². The van der Waals surface area contributed by atoms with Crippen LogP contribution in [0, 0.1) is 0 Å². The summed E-state index contributed by atoms with van der Waals surface area (Å²) in [6.07, 6.45) is 10.7. The number of esters is 3. The van der Waals surface area contributed by atoms with Crippen LogP contribution in [0.1, 0.15) is 106 Å². The topological polar surface area (TPSA) is 88.1 Å². The molecule has 3 aromatic carbocycles. The van der Waals surface area contributed by atoms with E-state index in [9.17, 15) is 14.4 Å². The summed E-state index contributed by atoms with van der Waals surface area (Å²) in [7, 11) is 0. The van der Waals surface area contributed by atoms with Gasteiger partial charge in [-0.3, -0.25) is 0 Å². The zero-order valence-electron chi connectivity index (χ0n) is 25.2. The highest BCUT2D eigenvalue weighted by Crippen LogP contribution is 2.24. The number of carbonyl (C=O) groups excluding carboxylic acids is 3. The fourth-order valence-electron chi connectivity index (χ4n) is 4.40. The van der Waals surface area contributed by atoms with Crippen molar-refractivity contribution in [2.45, 2.75) is 91.1 Å². The highest BCUT2D eigenvalue weighted by atomic mass is 16.6. The summed E-state index contributed by atoms with van der Waals surface area (Å²) in [5.41, 5.74) is 0.736.